The molecule has 1 saturated heterocycles. The summed E-state index contributed by atoms with van der Waals surface area (Å²) in [4.78, 5) is 22.7. The molecule has 3 aromatic heterocycles. The molecule has 1 aliphatic heterocycles. The molecule has 0 aromatic carbocycles. The molecule has 8 nitrogen and oxygen atoms in total. The summed E-state index contributed by atoms with van der Waals surface area (Å²) in [6, 6.07) is 6.09. The molecule has 0 bridgehead atoms. The first kappa shape index (κ1) is 16.3. The summed E-state index contributed by atoms with van der Waals surface area (Å²) in [6.45, 7) is 1.98. The third kappa shape index (κ3) is 3.58. The third-order valence-corrected chi connectivity index (χ3v) is 4.69. The summed E-state index contributed by atoms with van der Waals surface area (Å²) >= 11 is 0. The molecular formula is C18H21N7O. The number of likely N-dealkylation sites (tertiary alicyclic amines) is 1. The largest absolute Gasteiger partial charge is 0.334 e. The number of nitrogens with zero attached hydrogens (tertiary/aromatic N) is 6. The van der Waals surface area contributed by atoms with E-state index >= 15 is 0 Å². The number of piperidine rings is 1. The highest BCUT2D eigenvalue weighted by molar-refractivity contribution is 5.74. The molecule has 0 radical (unpaired) electrons. The highest BCUT2D eigenvalue weighted by Gasteiger charge is 2.23. The third-order valence-electron chi connectivity index (χ3n) is 4.69. The Morgan fingerprint density at radius 3 is 2.81 bits per heavy atom. The monoisotopic (exact) mass is 351 g/mol. The lowest BCUT2D eigenvalue weighted by atomic mass is 10.1. The van der Waals surface area contributed by atoms with Gasteiger partial charge in [-0.05, 0) is 36.6 Å². The van der Waals surface area contributed by atoms with Gasteiger partial charge in [0.2, 0.25) is 0 Å². The number of nitrogens with one attached hydrogen (secondary N) is 1. The molecule has 4 heterocycles. The average molecular weight is 351 g/mol. The van der Waals surface area contributed by atoms with E-state index in [2.05, 4.69) is 25.0 Å². The van der Waals surface area contributed by atoms with Crippen molar-refractivity contribution in [3.63, 3.8) is 0 Å². The van der Waals surface area contributed by atoms with Gasteiger partial charge >= 0.3 is 6.03 Å². The number of rotatable bonds is 4. The second kappa shape index (κ2) is 7.38. The molecule has 2 amide bonds. The van der Waals surface area contributed by atoms with Gasteiger partial charge in [-0.1, -0.05) is 0 Å². The van der Waals surface area contributed by atoms with E-state index in [-0.39, 0.29) is 6.03 Å². The predicted molar refractivity (Wildman–Crippen MR) is 95.7 cm³/mol. The maximum Gasteiger partial charge on any atom is 0.317 e. The van der Waals surface area contributed by atoms with Gasteiger partial charge < -0.3 is 14.8 Å². The molecule has 0 aliphatic carbocycles. The van der Waals surface area contributed by atoms with Gasteiger partial charge in [-0.2, -0.15) is 5.10 Å². The van der Waals surface area contributed by atoms with E-state index in [4.69, 9.17) is 0 Å². The highest BCUT2D eigenvalue weighted by Crippen LogP contribution is 2.22. The van der Waals surface area contributed by atoms with Crippen LogP contribution in [0, 0.1) is 0 Å². The molecule has 1 aliphatic rings. The molecule has 3 aromatic rings. The number of hydrogen-bond donors (Lipinski definition) is 1. The fraction of sp³-hybridized carbons (Fsp3) is 0.333. The minimum absolute atomic E-state index is 0.0217. The molecule has 1 N–H and O–H groups in total. The van der Waals surface area contributed by atoms with Crippen LogP contribution in [0.15, 0.2) is 55.5 Å². The fourth-order valence-corrected chi connectivity index (χ4v) is 3.24. The van der Waals surface area contributed by atoms with E-state index < -0.39 is 0 Å². The number of hydrogen-bond acceptors (Lipinski definition) is 4. The van der Waals surface area contributed by atoms with Crippen LogP contribution in [0.25, 0.3) is 5.82 Å². The van der Waals surface area contributed by atoms with Gasteiger partial charge in [-0.3, -0.25) is 0 Å². The topological polar surface area (TPSA) is 80.9 Å². The molecule has 0 saturated carbocycles. The van der Waals surface area contributed by atoms with Gasteiger partial charge in [0, 0.05) is 56.7 Å². The van der Waals surface area contributed by atoms with Crippen molar-refractivity contribution in [3.05, 3.63) is 61.1 Å². The number of pyridine rings is 1. The van der Waals surface area contributed by atoms with E-state index in [1.54, 1.807) is 23.3 Å². The van der Waals surface area contributed by atoms with Crippen molar-refractivity contribution in [2.24, 2.45) is 0 Å². The molecule has 26 heavy (non-hydrogen) atoms. The van der Waals surface area contributed by atoms with Crippen LogP contribution in [0.2, 0.25) is 0 Å². The molecule has 8 heteroatoms. The quantitative estimate of drug-likeness (QED) is 0.780. The average Bonchev–Trinajstić information content (AvgIpc) is 3.40. The Hall–Kier alpha value is -3.16. The number of carbonyl (C=O) groups excluding carboxylic acids is 1. The Morgan fingerprint density at radius 2 is 2.08 bits per heavy atom. The van der Waals surface area contributed by atoms with E-state index in [9.17, 15) is 4.79 Å². The first-order chi connectivity index (χ1) is 12.8. The normalized spacial score (nSPS) is 15.2. The summed E-state index contributed by atoms with van der Waals surface area (Å²) in [5.74, 6) is 0.739. The minimum atomic E-state index is -0.0217. The van der Waals surface area contributed by atoms with E-state index in [1.165, 1.54) is 0 Å². The molecule has 134 valence electrons. The Morgan fingerprint density at radius 1 is 1.19 bits per heavy atom. The van der Waals surface area contributed by atoms with Crippen molar-refractivity contribution in [2.45, 2.75) is 25.4 Å². The van der Waals surface area contributed by atoms with Gasteiger partial charge in [-0.25, -0.2) is 19.4 Å². The Kier molecular flexibility index (Phi) is 4.63. The number of carbonyl (C=O) groups is 1. The molecule has 0 spiro atoms. The van der Waals surface area contributed by atoms with Crippen molar-refractivity contribution < 1.29 is 4.79 Å². The molecular weight excluding hydrogens is 330 g/mol. The van der Waals surface area contributed by atoms with Gasteiger partial charge in [0.15, 0.2) is 5.82 Å². The van der Waals surface area contributed by atoms with Crippen LogP contribution in [0.5, 0.6) is 0 Å². The summed E-state index contributed by atoms with van der Waals surface area (Å²) in [6.07, 6.45) is 12.8. The number of amides is 2. The number of urea groups is 1. The Balaban J connectivity index is 1.30. The Bertz CT molecular complexity index is 836. The smallest absolute Gasteiger partial charge is 0.317 e. The van der Waals surface area contributed by atoms with E-state index in [1.807, 2.05) is 41.8 Å². The second-order valence-corrected chi connectivity index (χ2v) is 6.36. The van der Waals surface area contributed by atoms with Gasteiger partial charge in [0.1, 0.15) is 0 Å². The van der Waals surface area contributed by atoms with Crippen molar-refractivity contribution >= 4 is 6.03 Å². The van der Waals surface area contributed by atoms with Crippen LogP contribution in [0.3, 0.4) is 0 Å². The highest BCUT2D eigenvalue weighted by atomic mass is 16.2. The van der Waals surface area contributed by atoms with Crippen LogP contribution < -0.4 is 5.32 Å². The van der Waals surface area contributed by atoms with Crippen molar-refractivity contribution in [3.8, 4) is 5.82 Å². The van der Waals surface area contributed by atoms with Crippen molar-refractivity contribution in [1.82, 2.24) is 34.5 Å². The number of aromatic nitrogens is 5. The van der Waals surface area contributed by atoms with Crippen LogP contribution in [-0.4, -0.2) is 48.3 Å². The molecule has 1 fully saturated rings. The van der Waals surface area contributed by atoms with Crippen LogP contribution in [-0.2, 0) is 6.54 Å². The lowest BCUT2D eigenvalue weighted by Gasteiger charge is -2.32. The number of imidazole rings is 1. The first-order valence-electron chi connectivity index (χ1n) is 8.75. The summed E-state index contributed by atoms with van der Waals surface area (Å²) < 4.78 is 3.83. The summed E-state index contributed by atoms with van der Waals surface area (Å²) in [5, 5.41) is 7.18. The van der Waals surface area contributed by atoms with E-state index in [0.29, 0.717) is 12.6 Å². The zero-order valence-electron chi connectivity index (χ0n) is 14.4. The maximum absolute atomic E-state index is 12.4. The standard InChI is InChI=1S/C18H21N7O/c26-18(23-9-3-16(4-10-23)24-11-7-19-14-24)21-13-15-2-6-20-17(12-15)25-8-1-5-22-25/h1-2,5-8,11-12,14,16H,3-4,9-10,13H2,(H,21,26). The fourth-order valence-electron chi connectivity index (χ4n) is 3.24. The van der Waals surface area contributed by atoms with Gasteiger partial charge in [0.05, 0.1) is 6.33 Å². The second-order valence-electron chi connectivity index (χ2n) is 6.36. The Labute approximate surface area is 151 Å². The molecule has 4 rings (SSSR count). The van der Waals surface area contributed by atoms with Crippen molar-refractivity contribution in [2.75, 3.05) is 13.1 Å². The zero-order valence-corrected chi connectivity index (χ0v) is 14.4. The van der Waals surface area contributed by atoms with Gasteiger partial charge in [0.25, 0.3) is 0 Å². The lowest BCUT2D eigenvalue weighted by Crippen LogP contribution is -2.44. The molecule has 0 atom stereocenters. The molecule has 0 unspecified atom stereocenters. The zero-order chi connectivity index (χ0) is 17.8. The van der Waals surface area contributed by atoms with Gasteiger partial charge in [-0.15, -0.1) is 0 Å². The van der Waals surface area contributed by atoms with Crippen molar-refractivity contribution in [1.29, 1.82) is 0 Å². The van der Waals surface area contributed by atoms with Crippen LogP contribution in [0.4, 0.5) is 4.79 Å². The summed E-state index contributed by atoms with van der Waals surface area (Å²) in [7, 11) is 0. The first-order valence-corrected chi connectivity index (χ1v) is 8.75. The minimum Gasteiger partial charge on any atom is -0.334 e. The lowest BCUT2D eigenvalue weighted by molar-refractivity contribution is 0.171. The SMILES string of the molecule is O=C(NCc1ccnc(-n2cccn2)c1)N1CCC(n2ccnc2)CC1. The summed E-state index contributed by atoms with van der Waals surface area (Å²) in [5.41, 5.74) is 0.993. The maximum atomic E-state index is 12.4. The predicted octanol–water partition coefficient (Wildman–Crippen LogP) is 2.01. The van der Waals surface area contributed by atoms with Crippen LogP contribution in [0.1, 0.15) is 24.4 Å². The van der Waals surface area contributed by atoms with Crippen LogP contribution >= 0.6 is 0 Å². The van der Waals surface area contributed by atoms with E-state index in [0.717, 1.165) is 37.3 Å².